The van der Waals surface area contributed by atoms with Crippen LogP contribution < -0.4 is 5.32 Å². The summed E-state index contributed by atoms with van der Waals surface area (Å²) >= 11 is 9.32. The Labute approximate surface area is 125 Å². The zero-order valence-electron chi connectivity index (χ0n) is 10.3. The lowest BCUT2D eigenvalue weighted by Crippen LogP contribution is -2.14. The number of amides is 1. The third-order valence-corrected chi connectivity index (χ3v) is 3.49. The van der Waals surface area contributed by atoms with Crippen LogP contribution in [0.5, 0.6) is 0 Å². The first-order valence-corrected chi connectivity index (χ1v) is 6.99. The van der Waals surface area contributed by atoms with Crippen molar-refractivity contribution in [1.29, 1.82) is 0 Å². The second-order valence-corrected chi connectivity index (χ2v) is 5.22. The first kappa shape index (κ1) is 14.0. The molecule has 0 aliphatic heterocycles. The number of aromatic nitrogens is 1. The second-order valence-electron chi connectivity index (χ2n) is 3.95. The van der Waals surface area contributed by atoms with E-state index in [2.05, 4.69) is 26.2 Å². The monoisotopic (exact) mass is 338 g/mol. The number of nitrogens with one attached hydrogen (secondary N) is 1. The lowest BCUT2D eigenvalue weighted by atomic mass is 10.1. The third kappa shape index (κ3) is 3.33. The molecule has 1 aromatic heterocycles. The van der Waals surface area contributed by atoms with Crippen LogP contribution in [-0.4, -0.2) is 10.9 Å². The molecule has 0 unspecified atom stereocenters. The molecule has 0 fully saturated rings. The SMILES string of the molecule is CCc1cc(Br)ccc1NC(=O)c1cccnc1Cl. The standard InChI is InChI=1S/C14H12BrClN2O/c1-2-9-8-10(15)5-6-12(9)18-14(19)11-4-3-7-17-13(11)16/h3-8H,2H2,1H3,(H,18,19). The Morgan fingerprint density at radius 3 is 2.89 bits per heavy atom. The number of rotatable bonds is 3. The summed E-state index contributed by atoms with van der Waals surface area (Å²) in [5.74, 6) is -0.255. The first-order valence-electron chi connectivity index (χ1n) is 5.82. The molecule has 1 N–H and O–H groups in total. The van der Waals surface area contributed by atoms with Crippen molar-refractivity contribution < 1.29 is 4.79 Å². The molecule has 3 nitrogen and oxygen atoms in total. The van der Waals surface area contributed by atoms with Crippen LogP contribution in [0.15, 0.2) is 41.0 Å². The number of hydrogen-bond acceptors (Lipinski definition) is 2. The molecule has 0 aliphatic carbocycles. The maximum Gasteiger partial charge on any atom is 0.258 e. The van der Waals surface area contributed by atoms with E-state index in [-0.39, 0.29) is 11.1 Å². The van der Waals surface area contributed by atoms with Crippen molar-refractivity contribution in [2.75, 3.05) is 5.32 Å². The molecule has 2 rings (SSSR count). The average molecular weight is 340 g/mol. The van der Waals surface area contributed by atoms with Gasteiger partial charge in [0.2, 0.25) is 0 Å². The van der Waals surface area contributed by atoms with Gasteiger partial charge < -0.3 is 5.32 Å². The van der Waals surface area contributed by atoms with Crippen molar-refractivity contribution in [3.8, 4) is 0 Å². The molecule has 1 aromatic carbocycles. The van der Waals surface area contributed by atoms with Gasteiger partial charge in [-0.2, -0.15) is 0 Å². The van der Waals surface area contributed by atoms with Gasteiger partial charge in [-0.3, -0.25) is 4.79 Å². The van der Waals surface area contributed by atoms with Gasteiger partial charge in [-0.15, -0.1) is 0 Å². The topological polar surface area (TPSA) is 42.0 Å². The van der Waals surface area contributed by atoms with E-state index >= 15 is 0 Å². The lowest BCUT2D eigenvalue weighted by Gasteiger charge is -2.10. The van der Waals surface area contributed by atoms with Crippen LogP contribution in [0, 0.1) is 0 Å². The average Bonchev–Trinajstić information content (AvgIpc) is 2.41. The van der Waals surface area contributed by atoms with Crippen LogP contribution >= 0.6 is 27.5 Å². The fourth-order valence-electron chi connectivity index (χ4n) is 1.72. The maximum absolute atomic E-state index is 12.1. The minimum atomic E-state index is -0.255. The normalized spacial score (nSPS) is 10.3. The van der Waals surface area contributed by atoms with E-state index in [0.29, 0.717) is 5.56 Å². The van der Waals surface area contributed by atoms with E-state index < -0.39 is 0 Å². The van der Waals surface area contributed by atoms with Gasteiger partial charge in [-0.1, -0.05) is 34.5 Å². The molecule has 0 atom stereocenters. The van der Waals surface area contributed by atoms with E-state index in [0.717, 1.165) is 22.1 Å². The van der Waals surface area contributed by atoms with Crippen LogP contribution in [-0.2, 0) is 6.42 Å². The van der Waals surface area contributed by atoms with Crippen molar-refractivity contribution in [3.05, 3.63) is 57.3 Å². The van der Waals surface area contributed by atoms with Gasteiger partial charge in [-0.25, -0.2) is 4.98 Å². The van der Waals surface area contributed by atoms with Gasteiger partial charge in [0.25, 0.3) is 5.91 Å². The van der Waals surface area contributed by atoms with E-state index in [1.165, 1.54) is 0 Å². The Morgan fingerprint density at radius 2 is 2.21 bits per heavy atom. The predicted molar refractivity (Wildman–Crippen MR) is 80.7 cm³/mol. The number of hydrogen-bond donors (Lipinski definition) is 1. The molecule has 0 saturated carbocycles. The summed E-state index contributed by atoms with van der Waals surface area (Å²) in [4.78, 5) is 16.0. The van der Waals surface area contributed by atoms with Gasteiger partial charge in [0.05, 0.1) is 5.56 Å². The van der Waals surface area contributed by atoms with Crippen LogP contribution in [0.4, 0.5) is 5.69 Å². The lowest BCUT2D eigenvalue weighted by molar-refractivity contribution is 0.102. The Hall–Kier alpha value is -1.39. The molecule has 5 heteroatoms. The Morgan fingerprint density at radius 1 is 1.42 bits per heavy atom. The molecule has 1 amide bonds. The van der Waals surface area contributed by atoms with Gasteiger partial charge >= 0.3 is 0 Å². The minimum absolute atomic E-state index is 0.204. The molecule has 1 heterocycles. The summed E-state index contributed by atoms with van der Waals surface area (Å²) in [5.41, 5.74) is 2.22. The number of carbonyl (C=O) groups excluding carboxylic acids is 1. The highest BCUT2D eigenvalue weighted by Crippen LogP contribution is 2.23. The fourth-order valence-corrected chi connectivity index (χ4v) is 2.34. The number of halogens is 2. The van der Waals surface area contributed by atoms with E-state index in [1.807, 2.05) is 25.1 Å². The molecular formula is C14H12BrClN2O. The maximum atomic E-state index is 12.1. The van der Waals surface area contributed by atoms with Crippen molar-refractivity contribution in [3.63, 3.8) is 0 Å². The van der Waals surface area contributed by atoms with Crippen molar-refractivity contribution >= 4 is 39.1 Å². The van der Waals surface area contributed by atoms with Crippen LogP contribution in [0.3, 0.4) is 0 Å². The van der Waals surface area contributed by atoms with Crippen molar-refractivity contribution in [2.24, 2.45) is 0 Å². The van der Waals surface area contributed by atoms with Crippen LogP contribution in [0.2, 0.25) is 5.15 Å². The fraction of sp³-hybridized carbons (Fsp3) is 0.143. The molecule has 98 valence electrons. The summed E-state index contributed by atoms with van der Waals surface area (Å²) in [6.07, 6.45) is 2.38. The molecule has 0 saturated heterocycles. The number of aryl methyl sites for hydroxylation is 1. The largest absolute Gasteiger partial charge is 0.322 e. The Balaban J connectivity index is 2.27. The molecule has 0 spiro atoms. The highest BCUT2D eigenvalue weighted by Gasteiger charge is 2.12. The molecule has 0 bridgehead atoms. The molecule has 2 aromatic rings. The smallest absolute Gasteiger partial charge is 0.258 e. The van der Waals surface area contributed by atoms with Crippen molar-refractivity contribution in [1.82, 2.24) is 4.98 Å². The number of pyridine rings is 1. The first-order chi connectivity index (χ1) is 9.11. The minimum Gasteiger partial charge on any atom is -0.322 e. The highest BCUT2D eigenvalue weighted by atomic mass is 79.9. The van der Waals surface area contributed by atoms with E-state index in [4.69, 9.17) is 11.6 Å². The van der Waals surface area contributed by atoms with Crippen LogP contribution in [0.25, 0.3) is 0 Å². The van der Waals surface area contributed by atoms with Gasteiger partial charge in [0, 0.05) is 16.4 Å². The van der Waals surface area contributed by atoms with E-state index in [1.54, 1.807) is 18.3 Å². The van der Waals surface area contributed by atoms with Crippen LogP contribution in [0.1, 0.15) is 22.8 Å². The summed E-state index contributed by atoms with van der Waals surface area (Å²) in [5, 5.41) is 3.07. The quantitative estimate of drug-likeness (QED) is 0.847. The highest BCUT2D eigenvalue weighted by molar-refractivity contribution is 9.10. The predicted octanol–water partition coefficient (Wildman–Crippen LogP) is 4.31. The number of carbonyl (C=O) groups is 1. The summed E-state index contributed by atoms with van der Waals surface area (Å²) < 4.78 is 0.988. The van der Waals surface area contributed by atoms with Gasteiger partial charge in [0.15, 0.2) is 0 Å². The third-order valence-electron chi connectivity index (χ3n) is 2.70. The van der Waals surface area contributed by atoms with Gasteiger partial charge in [-0.05, 0) is 42.3 Å². The zero-order valence-corrected chi connectivity index (χ0v) is 12.6. The summed E-state index contributed by atoms with van der Waals surface area (Å²) in [6, 6.07) is 9.07. The molecule has 19 heavy (non-hydrogen) atoms. The molecular weight excluding hydrogens is 328 g/mol. The van der Waals surface area contributed by atoms with Gasteiger partial charge in [0.1, 0.15) is 5.15 Å². The number of nitrogens with zero attached hydrogens (tertiary/aromatic N) is 1. The molecule has 0 radical (unpaired) electrons. The Bertz CT molecular complexity index is 616. The summed E-state index contributed by atoms with van der Waals surface area (Å²) in [6.45, 7) is 2.04. The Kier molecular flexibility index (Phi) is 4.56. The number of benzene rings is 1. The van der Waals surface area contributed by atoms with Crippen molar-refractivity contribution in [2.45, 2.75) is 13.3 Å². The number of anilines is 1. The second kappa shape index (κ2) is 6.17. The summed E-state index contributed by atoms with van der Waals surface area (Å²) in [7, 11) is 0. The zero-order chi connectivity index (χ0) is 13.8. The molecule has 0 aliphatic rings. The van der Waals surface area contributed by atoms with E-state index in [9.17, 15) is 4.79 Å².